The zero-order valence-electron chi connectivity index (χ0n) is 12.4. The van der Waals surface area contributed by atoms with Crippen LogP contribution in [0.1, 0.15) is 41.9 Å². The Morgan fingerprint density at radius 1 is 1.30 bits per heavy atom. The maximum Gasteiger partial charge on any atom is 0.287 e. The summed E-state index contributed by atoms with van der Waals surface area (Å²) in [7, 11) is 0. The van der Waals surface area contributed by atoms with Crippen LogP contribution in [0, 0.1) is 11.3 Å². The van der Waals surface area contributed by atoms with Gasteiger partial charge in [-0.25, -0.2) is 9.97 Å². The highest BCUT2D eigenvalue weighted by Gasteiger charge is 2.25. The fourth-order valence-electron chi connectivity index (χ4n) is 2.64. The largest absolute Gasteiger partial charge is 0.472 e. The normalized spacial score (nSPS) is 20.5. The number of nitrogens with one attached hydrogen (secondary N) is 1. The van der Waals surface area contributed by atoms with Crippen molar-refractivity contribution in [3.63, 3.8) is 0 Å². The van der Waals surface area contributed by atoms with Crippen LogP contribution in [0.25, 0.3) is 0 Å². The molecule has 1 aliphatic rings. The summed E-state index contributed by atoms with van der Waals surface area (Å²) in [5.41, 5.74) is 0.195. The van der Waals surface area contributed by atoms with Gasteiger partial charge in [0.2, 0.25) is 5.69 Å². The molecule has 0 atom stereocenters. The zero-order chi connectivity index (χ0) is 16.1. The van der Waals surface area contributed by atoms with Crippen molar-refractivity contribution in [1.29, 1.82) is 5.26 Å². The maximum atomic E-state index is 11.9. The van der Waals surface area contributed by atoms with E-state index in [1.807, 2.05) is 6.07 Å². The van der Waals surface area contributed by atoms with Crippen molar-refractivity contribution >= 4 is 5.91 Å². The summed E-state index contributed by atoms with van der Waals surface area (Å²) in [5.74, 6) is 0.403. The second-order valence-corrected chi connectivity index (χ2v) is 5.36. The number of nitrogens with zero attached hydrogens (tertiary/aromatic N) is 3. The van der Waals surface area contributed by atoms with Gasteiger partial charge in [0.15, 0.2) is 5.76 Å². The summed E-state index contributed by atoms with van der Waals surface area (Å²) < 4.78 is 10.9. The molecule has 0 aliphatic heterocycles. The van der Waals surface area contributed by atoms with E-state index in [9.17, 15) is 4.79 Å². The van der Waals surface area contributed by atoms with Gasteiger partial charge in [0, 0.05) is 18.4 Å². The number of hydrogen-bond acceptors (Lipinski definition) is 6. The minimum atomic E-state index is -0.194. The Hall–Kier alpha value is -2.88. The average Bonchev–Trinajstić information content (AvgIpc) is 3.12. The minimum Gasteiger partial charge on any atom is -0.472 e. The van der Waals surface area contributed by atoms with Gasteiger partial charge in [-0.15, -0.1) is 0 Å². The highest BCUT2D eigenvalue weighted by Crippen LogP contribution is 2.24. The SMILES string of the molecule is N#Cc1nccnc1OC1CCC(NC(=O)c2ccco2)CC1. The van der Waals surface area contributed by atoms with E-state index in [2.05, 4.69) is 15.3 Å². The molecule has 2 heterocycles. The molecule has 2 aromatic rings. The molecule has 0 radical (unpaired) electrons. The molecule has 1 fully saturated rings. The quantitative estimate of drug-likeness (QED) is 0.927. The lowest BCUT2D eigenvalue weighted by atomic mass is 9.93. The van der Waals surface area contributed by atoms with Crippen LogP contribution in [0.4, 0.5) is 0 Å². The first-order valence-corrected chi connectivity index (χ1v) is 7.48. The number of carbonyl (C=O) groups is 1. The van der Waals surface area contributed by atoms with Crippen molar-refractivity contribution in [1.82, 2.24) is 15.3 Å². The van der Waals surface area contributed by atoms with E-state index in [0.29, 0.717) is 5.76 Å². The molecule has 1 saturated carbocycles. The van der Waals surface area contributed by atoms with Crippen molar-refractivity contribution in [2.75, 3.05) is 0 Å². The van der Waals surface area contributed by atoms with E-state index in [1.165, 1.54) is 18.7 Å². The second kappa shape index (κ2) is 6.92. The molecule has 2 aromatic heterocycles. The Morgan fingerprint density at radius 3 is 2.78 bits per heavy atom. The summed E-state index contributed by atoms with van der Waals surface area (Å²) >= 11 is 0. The van der Waals surface area contributed by atoms with Gasteiger partial charge in [-0.05, 0) is 37.8 Å². The molecule has 0 aromatic carbocycles. The van der Waals surface area contributed by atoms with E-state index in [4.69, 9.17) is 14.4 Å². The first-order valence-electron chi connectivity index (χ1n) is 7.48. The van der Waals surface area contributed by atoms with Crippen molar-refractivity contribution in [2.24, 2.45) is 0 Å². The molecule has 1 amide bonds. The van der Waals surface area contributed by atoms with Gasteiger partial charge >= 0.3 is 0 Å². The number of carbonyl (C=O) groups excluding carboxylic acids is 1. The van der Waals surface area contributed by atoms with Crippen LogP contribution in [0.5, 0.6) is 5.88 Å². The number of rotatable bonds is 4. The molecule has 23 heavy (non-hydrogen) atoms. The van der Waals surface area contributed by atoms with Crippen LogP contribution in [0.2, 0.25) is 0 Å². The van der Waals surface area contributed by atoms with Crippen molar-refractivity contribution < 1.29 is 13.9 Å². The smallest absolute Gasteiger partial charge is 0.287 e. The van der Waals surface area contributed by atoms with E-state index < -0.39 is 0 Å². The predicted molar refractivity (Wildman–Crippen MR) is 79.6 cm³/mol. The molecular weight excluding hydrogens is 296 g/mol. The first kappa shape index (κ1) is 15.0. The summed E-state index contributed by atoms with van der Waals surface area (Å²) in [5, 5.41) is 12.0. The number of amides is 1. The summed E-state index contributed by atoms with van der Waals surface area (Å²) in [6.45, 7) is 0. The van der Waals surface area contributed by atoms with Gasteiger partial charge in [0.05, 0.1) is 6.26 Å². The molecule has 3 rings (SSSR count). The molecule has 0 unspecified atom stereocenters. The van der Waals surface area contributed by atoms with Crippen molar-refractivity contribution in [3.8, 4) is 11.9 Å². The number of hydrogen-bond donors (Lipinski definition) is 1. The number of aromatic nitrogens is 2. The van der Waals surface area contributed by atoms with Gasteiger partial charge in [0.1, 0.15) is 12.2 Å². The van der Waals surface area contributed by atoms with Gasteiger partial charge < -0.3 is 14.5 Å². The molecule has 7 heteroatoms. The van der Waals surface area contributed by atoms with Crippen LogP contribution in [-0.2, 0) is 0 Å². The Balaban J connectivity index is 1.51. The Morgan fingerprint density at radius 2 is 2.09 bits per heavy atom. The monoisotopic (exact) mass is 312 g/mol. The molecule has 0 saturated heterocycles. The fourth-order valence-corrected chi connectivity index (χ4v) is 2.64. The molecule has 118 valence electrons. The lowest BCUT2D eigenvalue weighted by Crippen LogP contribution is -2.39. The highest BCUT2D eigenvalue weighted by molar-refractivity contribution is 5.91. The Labute approximate surface area is 133 Å². The topological polar surface area (TPSA) is 101 Å². The van der Waals surface area contributed by atoms with E-state index >= 15 is 0 Å². The molecule has 7 nitrogen and oxygen atoms in total. The molecule has 0 bridgehead atoms. The van der Waals surface area contributed by atoms with Crippen molar-refractivity contribution in [2.45, 2.75) is 37.8 Å². The summed E-state index contributed by atoms with van der Waals surface area (Å²) in [6.07, 6.45) is 7.61. The van der Waals surface area contributed by atoms with E-state index in [1.54, 1.807) is 12.1 Å². The van der Waals surface area contributed by atoms with Crippen LogP contribution in [0.15, 0.2) is 35.2 Å². The lowest BCUT2D eigenvalue weighted by molar-refractivity contribution is 0.0863. The van der Waals surface area contributed by atoms with Crippen LogP contribution < -0.4 is 10.1 Å². The van der Waals surface area contributed by atoms with Gasteiger partial charge in [-0.3, -0.25) is 4.79 Å². The molecule has 1 aliphatic carbocycles. The number of furan rings is 1. The predicted octanol–water partition coefficient (Wildman–Crippen LogP) is 2.06. The standard InChI is InChI=1S/C16H16N4O3/c17-10-13-16(19-8-7-18-13)23-12-5-3-11(4-6-12)20-15(21)14-2-1-9-22-14/h1-2,7-9,11-12H,3-6H2,(H,20,21). The Kier molecular flexibility index (Phi) is 4.52. The third-order valence-corrected chi connectivity index (χ3v) is 3.80. The molecule has 0 spiro atoms. The average molecular weight is 312 g/mol. The van der Waals surface area contributed by atoms with Crippen LogP contribution in [-0.4, -0.2) is 28.0 Å². The molecular formula is C16H16N4O3. The maximum absolute atomic E-state index is 11.9. The second-order valence-electron chi connectivity index (χ2n) is 5.36. The summed E-state index contributed by atoms with van der Waals surface area (Å²) in [6, 6.07) is 5.40. The van der Waals surface area contributed by atoms with Gasteiger partial charge in [-0.2, -0.15) is 5.26 Å². The zero-order valence-corrected chi connectivity index (χ0v) is 12.4. The van der Waals surface area contributed by atoms with Crippen molar-refractivity contribution in [3.05, 3.63) is 42.2 Å². The van der Waals surface area contributed by atoms with Gasteiger partial charge in [0.25, 0.3) is 11.8 Å². The minimum absolute atomic E-state index is 0.0180. The Bertz CT molecular complexity index is 700. The first-order chi connectivity index (χ1) is 11.3. The lowest BCUT2D eigenvalue weighted by Gasteiger charge is -2.29. The van der Waals surface area contributed by atoms with Crippen LogP contribution >= 0.6 is 0 Å². The molecule has 1 N–H and O–H groups in total. The van der Waals surface area contributed by atoms with E-state index in [0.717, 1.165) is 25.7 Å². The fraction of sp³-hybridized carbons (Fsp3) is 0.375. The van der Waals surface area contributed by atoms with Gasteiger partial charge in [-0.1, -0.05) is 0 Å². The van der Waals surface area contributed by atoms with Crippen LogP contribution in [0.3, 0.4) is 0 Å². The number of ether oxygens (including phenoxy) is 1. The van der Waals surface area contributed by atoms with E-state index in [-0.39, 0.29) is 29.6 Å². The summed E-state index contributed by atoms with van der Waals surface area (Å²) in [4.78, 5) is 19.9. The third kappa shape index (κ3) is 3.66. The highest BCUT2D eigenvalue weighted by atomic mass is 16.5. The number of nitriles is 1. The third-order valence-electron chi connectivity index (χ3n) is 3.80.